The Hall–Kier alpha value is -1.75. The first-order valence-corrected chi connectivity index (χ1v) is 7.71. The molecule has 2 aliphatic rings. The van der Waals surface area contributed by atoms with Crippen LogP contribution >= 0.6 is 12.2 Å². The highest BCUT2D eigenvalue weighted by molar-refractivity contribution is 7.80. The molecule has 1 aromatic rings. The van der Waals surface area contributed by atoms with Gasteiger partial charge < -0.3 is 5.73 Å². The summed E-state index contributed by atoms with van der Waals surface area (Å²) in [4.78, 5) is 26.7. The van der Waals surface area contributed by atoms with Gasteiger partial charge in [-0.3, -0.25) is 14.5 Å². The summed E-state index contributed by atoms with van der Waals surface area (Å²) in [5.74, 6) is 0.149. The number of hydrogen-bond acceptors (Lipinski definition) is 3. The summed E-state index contributed by atoms with van der Waals surface area (Å²) >= 11 is 4.91. The third-order valence-corrected chi connectivity index (χ3v) is 4.96. The second-order valence-corrected chi connectivity index (χ2v) is 6.32. The van der Waals surface area contributed by atoms with Crippen molar-refractivity contribution in [2.45, 2.75) is 26.2 Å². The monoisotopic (exact) mass is 302 g/mol. The van der Waals surface area contributed by atoms with Crippen molar-refractivity contribution in [1.29, 1.82) is 0 Å². The SMILES string of the molecule is CCC1CC2C(=O)N(c3ccc(C(N)=S)cc3)C(=O)C2C1. The van der Waals surface area contributed by atoms with Crippen LogP contribution in [0.1, 0.15) is 31.7 Å². The molecule has 2 fully saturated rings. The molecule has 3 rings (SSSR count). The molecule has 110 valence electrons. The Labute approximate surface area is 129 Å². The number of carbonyl (C=O) groups excluding carboxylic acids is 2. The van der Waals surface area contributed by atoms with E-state index < -0.39 is 0 Å². The molecule has 2 unspecified atom stereocenters. The van der Waals surface area contributed by atoms with Gasteiger partial charge in [0.25, 0.3) is 0 Å². The number of nitrogens with zero attached hydrogens (tertiary/aromatic N) is 1. The fourth-order valence-electron chi connectivity index (χ4n) is 3.49. The number of amides is 2. The Morgan fingerprint density at radius 2 is 1.71 bits per heavy atom. The second kappa shape index (κ2) is 5.22. The van der Waals surface area contributed by atoms with Crippen LogP contribution in [0.4, 0.5) is 5.69 Å². The molecule has 2 amide bonds. The van der Waals surface area contributed by atoms with Gasteiger partial charge in [-0.25, -0.2) is 0 Å². The summed E-state index contributed by atoms with van der Waals surface area (Å²) in [7, 11) is 0. The van der Waals surface area contributed by atoms with Crippen LogP contribution in [0.15, 0.2) is 24.3 Å². The zero-order chi connectivity index (χ0) is 15.1. The standard InChI is InChI=1S/C16H18N2O2S/c1-2-9-7-12-13(8-9)16(20)18(15(12)19)11-5-3-10(4-6-11)14(17)21/h3-6,9,12-13H,2,7-8H2,1H3,(H2,17,21). The molecule has 5 heteroatoms. The average molecular weight is 302 g/mol. The van der Waals surface area contributed by atoms with Crippen LogP contribution in [0.25, 0.3) is 0 Å². The molecule has 1 aliphatic heterocycles. The maximum Gasteiger partial charge on any atom is 0.237 e. The van der Waals surface area contributed by atoms with Gasteiger partial charge in [0, 0.05) is 5.56 Å². The van der Waals surface area contributed by atoms with E-state index in [0.717, 1.165) is 24.8 Å². The lowest BCUT2D eigenvalue weighted by Crippen LogP contribution is -2.32. The maximum atomic E-state index is 12.5. The van der Waals surface area contributed by atoms with Gasteiger partial charge in [-0.1, -0.05) is 25.6 Å². The number of imide groups is 1. The zero-order valence-corrected chi connectivity index (χ0v) is 12.7. The van der Waals surface area contributed by atoms with Crippen molar-refractivity contribution in [1.82, 2.24) is 0 Å². The molecule has 2 atom stereocenters. The predicted molar refractivity (Wildman–Crippen MR) is 84.8 cm³/mol. The minimum Gasteiger partial charge on any atom is -0.389 e. The highest BCUT2D eigenvalue weighted by Gasteiger charge is 2.52. The molecule has 2 N–H and O–H groups in total. The van der Waals surface area contributed by atoms with Gasteiger partial charge in [0.15, 0.2) is 0 Å². The van der Waals surface area contributed by atoms with E-state index >= 15 is 0 Å². The average Bonchev–Trinajstić information content (AvgIpc) is 3.00. The molecule has 21 heavy (non-hydrogen) atoms. The summed E-state index contributed by atoms with van der Waals surface area (Å²) in [6.45, 7) is 2.12. The fourth-order valence-corrected chi connectivity index (χ4v) is 3.63. The number of nitrogens with two attached hydrogens (primary N) is 1. The number of thiocarbonyl (C=S) groups is 1. The van der Waals surface area contributed by atoms with Gasteiger partial charge in [0.1, 0.15) is 4.99 Å². The summed E-state index contributed by atoms with van der Waals surface area (Å²) in [6, 6.07) is 6.98. The van der Waals surface area contributed by atoms with Crippen molar-refractivity contribution in [2.75, 3.05) is 4.90 Å². The summed E-state index contributed by atoms with van der Waals surface area (Å²) in [5, 5.41) is 0. The minimum atomic E-state index is -0.127. The number of carbonyl (C=O) groups is 2. The van der Waals surface area contributed by atoms with Gasteiger partial charge in [-0.05, 0) is 43.0 Å². The minimum absolute atomic E-state index is 0.0518. The third kappa shape index (κ3) is 2.25. The molecular formula is C16H18N2O2S. The molecule has 0 radical (unpaired) electrons. The lowest BCUT2D eigenvalue weighted by Gasteiger charge is -2.17. The van der Waals surface area contributed by atoms with Crippen LogP contribution in [-0.4, -0.2) is 16.8 Å². The summed E-state index contributed by atoms with van der Waals surface area (Å²) in [6.07, 6.45) is 2.72. The first-order valence-electron chi connectivity index (χ1n) is 7.30. The topological polar surface area (TPSA) is 63.4 Å². The molecule has 0 aromatic heterocycles. The Morgan fingerprint density at radius 3 is 2.14 bits per heavy atom. The highest BCUT2D eigenvalue weighted by atomic mass is 32.1. The molecule has 1 aliphatic carbocycles. The van der Waals surface area contributed by atoms with Crippen molar-refractivity contribution in [3.8, 4) is 0 Å². The van der Waals surface area contributed by atoms with Gasteiger partial charge in [-0.15, -0.1) is 0 Å². The fraction of sp³-hybridized carbons (Fsp3) is 0.438. The van der Waals surface area contributed by atoms with Gasteiger partial charge in [-0.2, -0.15) is 0 Å². The second-order valence-electron chi connectivity index (χ2n) is 5.88. The van der Waals surface area contributed by atoms with E-state index in [9.17, 15) is 9.59 Å². The van der Waals surface area contributed by atoms with Crippen molar-refractivity contribution >= 4 is 34.7 Å². The van der Waals surface area contributed by atoms with Gasteiger partial charge in [0.05, 0.1) is 17.5 Å². The molecule has 4 nitrogen and oxygen atoms in total. The largest absolute Gasteiger partial charge is 0.389 e. The quantitative estimate of drug-likeness (QED) is 0.687. The van der Waals surface area contributed by atoms with Gasteiger partial charge >= 0.3 is 0 Å². The lowest BCUT2D eigenvalue weighted by molar-refractivity contribution is -0.123. The molecular weight excluding hydrogens is 284 g/mol. The molecule has 0 spiro atoms. The first kappa shape index (κ1) is 14.2. The van der Waals surface area contributed by atoms with Crippen LogP contribution in [-0.2, 0) is 9.59 Å². The predicted octanol–water partition coefficient (Wildman–Crippen LogP) is 2.25. The molecule has 1 aromatic carbocycles. The van der Waals surface area contributed by atoms with Crippen LogP contribution in [0, 0.1) is 17.8 Å². The van der Waals surface area contributed by atoms with Crippen molar-refractivity contribution in [2.24, 2.45) is 23.5 Å². The third-order valence-electron chi connectivity index (χ3n) is 4.72. The maximum absolute atomic E-state index is 12.5. The summed E-state index contributed by atoms with van der Waals surface area (Å²) < 4.78 is 0. The highest BCUT2D eigenvalue weighted by Crippen LogP contribution is 2.45. The number of anilines is 1. The van der Waals surface area contributed by atoms with Crippen molar-refractivity contribution in [3.05, 3.63) is 29.8 Å². The van der Waals surface area contributed by atoms with Crippen molar-refractivity contribution < 1.29 is 9.59 Å². The Morgan fingerprint density at radius 1 is 1.19 bits per heavy atom. The van der Waals surface area contributed by atoms with E-state index in [1.54, 1.807) is 24.3 Å². The van der Waals surface area contributed by atoms with E-state index in [-0.39, 0.29) is 23.7 Å². The molecule has 1 heterocycles. The van der Waals surface area contributed by atoms with Crippen LogP contribution in [0.5, 0.6) is 0 Å². The Kier molecular flexibility index (Phi) is 3.53. The van der Waals surface area contributed by atoms with Crippen LogP contribution in [0.3, 0.4) is 0 Å². The van der Waals surface area contributed by atoms with Crippen LogP contribution in [0.2, 0.25) is 0 Å². The van der Waals surface area contributed by atoms with E-state index in [0.29, 0.717) is 16.6 Å². The Bertz CT molecular complexity index is 587. The summed E-state index contributed by atoms with van der Waals surface area (Å²) in [5.41, 5.74) is 6.91. The number of fused-ring (bicyclic) bond motifs is 1. The molecule has 0 bridgehead atoms. The number of hydrogen-bond donors (Lipinski definition) is 1. The van der Waals surface area contributed by atoms with Gasteiger partial charge in [0.2, 0.25) is 11.8 Å². The van der Waals surface area contributed by atoms with E-state index in [1.807, 2.05) is 0 Å². The smallest absolute Gasteiger partial charge is 0.237 e. The van der Waals surface area contributed by atoms with E-state index in [2.05, 4.69) is 6.92 Å². The zero-order valence-electron chi connectivity index (χ0n) is 11.9. The normalized spacial score (nSPS) is 28.0. The van der Waals surface area contributed by atoms with E-state index in [1.165, 1.54) is 4.90 Å². The molecule has 1 saturated carbocycles. The van der Waals surface area contributed by atoms with E-state index in [4.69, 9.17) is 18.0 Å². The lowest BCUT2D eigenvalue weighted by atomic mass is 10.00. The first-order chi connectivity index (χ1) is 10.0. The number of benzene rings is 1. The Balaban J connectivity index is 1.86. The van der Waals surface area contributed by atoms with Crippen molar-refractivity contribution in [3.63, 3.8) is 0 Å². The van der Waals surface area contributed by atoms with Crippen LogP contribution < -0.4 is 10.6 Å². The molecule has 1 saturated heterocycles. The number of rotatable bonds is 3.